The summed E-state index contributed by atoms with van der Waals surface area (Å²) in [5, 5.41) is 7.05. The predicted octanol–water partition coefficient (Wildman–Crippen LogP) is 3.70. The van der Waals surface area contributed by atoms with Crippen molar-refractivity contribution < 1.29 is 9.53 Å². The number of para-hydroxylation sites is 1. The molecule has 2 N–H and O–H groups in total. The molecule has 0 aromatic heterocycles. The van der Waals surface area contributed by atoms with Gasteiger partial charge in [-0.3, -0.25) is 4.79 Å². The van der Waals surface area contributed by atoms with Gasteiger partial charge in [0.25, 0.3) is 0 Å². The molecule has 1 atom stereocenters. The maximum absolute atomic E-state index is 11.3. The van der Waals surface area contributed by atoms with Crippen LogP contribution in [0.3, 0.4) is 0 Å². The van der Waals surface area contributed by atoms with Crippen molar-refractivity contribution in [1.82, 2.24) is 5.32 Å². The monoisotopic (exact) mass is 326 g/mol. The quantitative estimate of drug-likeness (QED) is 0.665. The number of ketones is 1. The first-order valence-electron chi connectivity index (χ1n) is 7.54. The molecule has 3 rings (SSSR count). The first kappa shape index (κ1) is 15.5. The minimum atomic E-state index is 0.0519. The summed E-state index contributed by atoms with van der Waals surface area (Å²) in [6.07, 6.45) is 0.863. The van der Waals surface area contributed by atoms with Gasteiger partial charge in [0.05, 0.1) is 12.6 Å². The summed E-state index contributed by atoms with van der Waals surface area (Å²) in [7, 11) is 0. The van der Waals surface area contributed by atoms with E-state index in [4.69, 9.17) is 17.0 Å². The molecule has 0 unspecified atom stereocenters. The molecule has 0 spiro atoms. The van der Waals surface area contributed by atoms with Crippen molar-refractivity contribution in [3.63, 3.8) is 0 Å². The second-order valence-corrected chi connectivity index (χ2v) is 5.87. The van der Waals surface area contributed by atoms with Gasteiger partial charge in [-0.25, -0.2) is 0 Å². The van der Waals surface area contributed by atoms with E-state index in [-0.39, 0.29) is 11.8 Å². The van der Waals surface area contributed by atoms with Crippen LogP contribution in [-0.4, -0.2) is 17.5 Å². The zero-order valence-electron chi connectivity index (χ0n) is 12.8. The Labute approximate surface area is 140 Å². The summed E-state index contributed by atoms with van der Waals surface area (Å²) in [5.41, 5.74) is 2.66. The molecule has 1 heterocycles. The predicted molar refractivity (Wildman–Crippen MR) is 95.1 cm³/mol. The van der Waals surface area contributed by atoms with Gasteiger partial charge < -0.3 is 15.4 Å². The molecule has 0 bridgehead atoms. The maximum atomic E-state index is 11.3. The normalized spacial score (nSPS) is 16.0. The first-order chi connectivity index (χ1) is 11.1. The van der Waals surface area contributed by atoms with Gasteiger partial charge in [-0.05, 0) is 49.5 Å². The summed E-state index contributed by atoms with van der Waals surface area (Å²) in [6, 6.07) is 15.4. The second-order valence-electron chi connectivity index (χ2n) is 5.46. The van der Waals surface area contributed by atoms with Crippen LogP contribution >= 0.6 is 12.2 Å². The van der Waals surface area contributed by atoms with Gasteiger partial charge in [0.2, 0.25) is 0 Å². The van der Waals surface area contributed by atoms with Crippen LogP contribution in [-0.2, 0) is 0 Å². The molecule has 4 nitrogen and oxygen atoms in total. The number of hydrogen-bond donors (Lipinski definition) is 2. The van der Waals surface area contributed by atoms with E-state index in [0.29, 0.717) is 17.3 Å². The van der Waals surface area contributed by atoms with E-state index < -0.39 is 0 Å². The van der Waals surface area contributed by atoms with Crippen LogP contribution in [0.4, 0.5) is 5.69 Å². The molecule has 0 amide bonds. The van der Waals surface area contributed by atoms with Gasteiger partial charge >= 0.3 is 0 Å². The highest BCUT2D eigenvalue weighted by Gasteiger charge is 2.21. The fourth-order valence-electron chi connectivity index (χ4n) is 2.61. The molecule has 0 saturated carbocycles. The van der Waals surface area contributed by atoms with E-state index in [9.17, 15) is 4.79 Å². The lowest BCUT2D eigenvalue weighted by Gasteiger charge is -2.27. The van der Waals surface area contributed by atoms with Crippen molar-refractivity contribution in [3.05, 3.63) is 59.7 Å². The summed E-state index contributed by atoms with van der Waals surface area (Å²) < 4.78 is 5.65. The van der Waals surface area contributed by atoms with Crippen LogP contribution in [0.1, 0.15) is 35.3 Å². The third kappa shape index (κ3) is 3.68. The van der Waals surface area contributed by atoms with Gasteiger partial charge in [-0.2, -0.15) is 0 Å². The van der Waals surface area contributed by atoms with Gasteiger partial charge in [-0.15, -0.1) is 0 Å². The Bertz CT molecular complexity index is 728. The lowest BCUT2D eigenvalue weighted by atomic mass is 10.0. The van der Waals surface area contributed by atoms with Crippen molar-refractivity contribution in [2.75, 3.05) is 11.9 Å². The number of carbonyl (C=O) groups excluding carboxylic acids is 1. The average molecular weight is 326 g/mol. The highest BCUT2D eigenvalue weighted by atomic mass is 32.1. The van der Waals surface area contributed by atoms with E-state index in [1.807, 2.05) is 30.3 Å². The molecule has 0 aliphatic carbocycles. The molecule has 2 aromatic rings. The molecular weight excluding hydrogens is 308 g/mol. The van der Waals surface area contributed by atoms with Crippen LogP contribution in [0.15, 0.2) is 48.5 Å². The molecule has 1 aliphatic heterocycles. The number of Topliss-reactive ketones (excluding diaryl/α,β-unsaturated/α-hetero) is 1. The van der Waals surface area contributed by atoms with Crippen LogP contribution in [0.5, 0.6) is 5.75 Å². The van der Waals surface area contributed by atoms with Crippen molar-refractivity contribution >= 4 is 28.8 Å². The molecule has 2 aromatic carbocycles. The van der Waals surface area contributed by atoms with E-state index >= 15 is 0 Å². The fourth-order valence-corrected chi connectivity index (χ4v) is 2.87. The number of fused-ring (bicyclic) bond motifs is 1. The summed E-state index contributed by atoms with van der Waals surface area (Å²) in [6.45, 7) is 2.22. The van der Waals surface area contributed by atoms with E-state index in [2.05, 4.69) is 16.7 Å². The van der Waals surface area contributed by atoms with Gasteiger partial charge in [-0.1, -0.05) is 18.2 Å². The zero-order valence-corrected chi connectivity index (χ0v) is 13.7. The molecule has 0 saturated heterocycles. The fraction of sp³-hybridized carbons (Fsp3) is 0.222. The van der Waals surface area contributed by atoms with Gasteiger partial charge in [0, 0.05) is 23.2 Å². The number of ether oxygens (including phenoxy) is 1. The second kappa shape index (κ2) is 6.79. The molecular formula is C18H18N2O2S. The molecule has 5 heteroatoms. The maximum Gasteiger partial charge on any atom is 0.171 e. The standard InChI is InChI=1S/C18H18N2O2S/c1-12(21)13-6-8-14(9-7-13)19-18(23)20-16-10-11-22-17-5-3-2-4-15(16)17/h2-9,16H,10-11H2,1H3,(H2,19,20,23)/t16-/m1/s1. The first-order valence-corrected chi connectivity index (χ1v) is 7.94. The number of nitrogens with one attached hydrogen (secondary N) is 2. The summed E-state index contributed by atoms with van der Waals surface area (Å²) >= 11 is 5.40. The van der Waals surface area contributed by atoms with Crippen molar-refractivity contribution in [1.29, 1.82) is 0 Å². The third-order valence-corrected chi connectivity index (χ3v) is 4.03. The number of rotatable bonds is 3. The number of thiocarbonyl (C=S) groups is 1. The van der Waals surface area contributed by atoms with Crippen molar-refractivity contribution in [2.24, 2.45) is 0 Å². The molecule has 0 fully saturated rings. The number of anilines is 1. The highest BCUT2D eigenvalue weighted by molar-refractivity contribution is 7.80. The Morgan fingerprint density at radius 3 is 2.65 bits per heavy atom. The summed E-state index contributed by atoms with van der Waals surface area (Å²) in [5.74, 6) is 0.959. The Balaban J connectivity index is 1.65. The number of benzene rings is 2. The topological polar surface area (TPSA) is 50.4 Å². The number of carbonyl (C=O) groups is 1. The third-order valence-electron chi connectivity index (χ3n) is 3.81. The largest absolute Gasteiger partial charge is 0.493 e. The number of hydrogen-bond acceptors (Lipinski definition) is 3. The lowest BCUT2D eigenvalue weighted by molar-refractivity contribution is 0.101. The molecule has 1 aliphatic rings. The van der Waals surface area contributed by atoms with E-state index in [0.717, 1.165) is 23.4 Å². The molecule has 0 radical (unpaired) electrons. The minimum Gasteiger partial charge on any atom is -0.493 e. The van der Waals surface area contributed by atoms with Crippen LogP contribution < -0.4 is 15.4 Å². The Hall–Kier alpha value is -2.40. The SMILES string of the molecule is CC(=O)c1ccc(NC(=S)N[C@@H]2CCOc3ccccc32)cc1. The minimum absolute atomic E-state index is 0.0519. The Kier molecular flexibility index (Phi) is 4.57. The Morgan fingerprint density at radius 2 is 1.91 bits per heavy atom. The van der Waals surface area contributed by atoms with Crippen LogP contribution in [0, 0.1) is 0 Å². The van der Waals surface area contributed by atoms with E-state index in [1.165, 1.54) is 0 Å². The zero-order chi connectivity index (χ0) is 16.2. The lowest BCUT2D eigenvalue weighted by Crippen LogP contribution is -2.35. The highest BCUT2D eigenvalue weighted by Crippen LogP contribution is 2.31. The smallest absolute Gasteiger partial charge is 0.171 e. The van der Waals surface area contributed by atoms with Gasteiger partial charge in [0.15, 0.2) is 10.9 Å². The van der Waals surface area contributed by atoms with Crippen LogP contribution in [0.2, 0.25) is 0 Å². The summed E-state index contributed by atoms with van der Waals surface area (Å²) in [4.78, 5) is 11.3. The van der Waals surface area contributed by atoms with Crippen LogP contribution in [0.25, 0.3) is 0 Å². The van der Waals surface area contributed by atoms with Crippen molar-refractivity contribution in [2.45, 2.75) is 19.4 Å². The average Bonchev–Trinajstić information content (AvgIpc) is 2.55. The Morgan fingerprint density at radius 1 is 1.17 bits per heavy atom. The van der Waals surface area contributed by atoms with Crippen molar-refractivity contribution in [3.8, 4) is 5.75 Å². The molecule has 23 heavy (non-hydrogen) atoms. The molecule has 118 valence electrons. The van der Waals surface area contributed by atoms with E-state index in [1.54, 1.807) is 19.1 Å². The van der Waals surface area contributed by atoms with Gasteiger partial charge in [0.1, 0.15) is 5.75 Å².